The second-order valence-corrected chi connectivity index (χ2v) is 20.5. The molecule has 61 heavy (non-hydrogen) atoms. The molecule has 12 rings (SSSR count). The smallest absolute Gasteiger partial charge is 0.0514 e. The molecule has 11 aliphatic carbocycles. The van der Waals surface area contributed by atoms with Gasteiger partial charge >= 0.3 is 0 Å². The molecule has 2 heteroatoms. The molecule has 0 heterocycles. The quantitative estimate of drug-likeness (QED) is 0.253. The zero-order chi connectivity index (χ0) is 40.3. The fourth-order valence-electron chi connectivity index (χ4n) is 15.7. The third-order valence-electron chi connectivity index (χ3n) is 17.8. The summed E-state index contributed by atoms with van der Waals surface area (Å²) in [6.07, 6.45) is 71.2. The number of allylic oxidation sites excluding steroid dienone is 20. The van der Waals surface area contributed by atoms with Gasteiger partial charge in [-0.1, -0.05) is 151 Å². The first kappa shape index (κ1) is 38.1. The van der Waals surface area contributed by atoms with Crippen molar-refractivity contribution in [1.82, 2.24) is 9.80 Å². The van der Waals surface area contributed by atoms with Gasteiger partial charge in [0.15, 0.2) is 0 Å². The van der Waals surface area contributed by atoms with Crippen molar-refractivity contribution < 1.29 is 0 Å². The van der Waals surface area contributed by atoms with E-state index in [0.717, 1.165) is 25.7 Å². The summed E-state index contributed by atoms with van der Waals surface area (Å²) in [7, 11) is 0. The minimum Gasteiger partial charge on any atom is -0.361 e. The molecule has 0 saturated heterocycles. The van der Waals surface area contributed by atoms with Crippen LogP contribution in [0.1, 0.15) is 101 Å². The molecule has 0 radical (unpaired) electrons. The highest BCUT2D eigenvalue weighted by Crippen LogP contribution is 2.75. The van der Waals surface area contributed by atoms with Crippen molar-refractivity contribution >= 4 is 0 Å². The van der Waals surface area contributed by atoms with E-state index in [1.165, 1.54) is 81.2 Å². The molecule has 2 fully saturated rings. The van der Waals surface area contributed by atoms with E-state index < -0.39 is 0 Å². The Labute approximate surface area is 366 Å². The van der Waals surface area contributed by atoms with Gasteiger partial charge in [0, 0.05) is 35.0 Å². The van der Waals surface area contributed by atoms with E-state index in [-0.39, 0.29) is 5.41 Å². The van der Waals surface area contributed by atoms with Crippen LogP contribution in [0.25, 0.3) is 0 Å². The molecule has 0 aliphatic heterocycles. The first-order chi connectivity index (χ1) is 30.3. The normalized spacial score (nSPS) is 39.9. The molecule has 2 saturated carbocycles. The van der Waals surface area contributed by atoms with Crippen molar-refractivity contribution in [2.24, 2.45) is 52.8 Å². The Bertz CT molecular complexity index is 2270. The summed E-state index contributed by atoms with van der Waals surface area (Å²) >= 11 is 0. The maximum Gasteiger partial charge on any atom is 0.0514 e. The first-order valence-corrected chi connectivity index (χ1v) is 24.8. The van der Waals surface area contributed by atoms with Crippen LogP contribution in [-0.4, -0.2) is 27.9 Å². The lowest BCUT2D eigenvalue weighted by Gasteiger charge is -2.51. The van der Waals surface area contributed by atoms with Crippen molar-refractivity contribution in [1.29, 1.82) is 0 Å². The molecule has 1 aromatic rings. The molecule has 13 unspecified atom stereocenters. The predicted octanol–water partition coefficient (Wildman–Crippen LogP) is 14.0. The molecule has 1 spiro atoms. The lowest BCUT2D eigenvalue weighted by Crippen LogP contribution is -2.49. The fraction of sp³-hybridized carbons (Fsp3) is 0.458. The predicted molar refractivity (Wildman–Crippen MR) is 253 cm³/mol. The van der Waals surface area contributed by atoms with Gasteiger partial charge in [0.05, 0.1) is 12.1 Å². The van der Waals surface area contributed by atoms with Crippen LogP contribution in [0.15, 0.2) is 186 Å². The van der Waals surface area contributed by atoms with Gasteiger partial charge in [0.25, 0.3) is 0 Å². The number of hydrogen-bond acceptors (Lipinski definition) is 2. The van der Waals surface area contributed by atoms with E-state index in [0.29, 0.717) is 71.4 Å². The van der Waals surface area contributed by atoms with Gasteiger partial charge in [-0.25, -0.2) is 0 Å². The van der Waals surface area contributed by atoms with Crippen LogP contribution < -0.4 is 0 Å². The number of benzene rings is 1. The van der Waals surface area contributed by atoms with E-state index in [1.807, 2.05) is 11.1 Å². The summed E-state index contributed by atoms with van der Waals surface area (Å²) < 4.78 is 0. The SMILES string of the molecule is C1=CCC(N(C2=CCCC3C2C2C=CC=CC2C32C3C=CC=CC3C3C=CC(N(C4=CC(c5ccccc5)CC=C4)C4CC=CCC4)=CC32)C2CCCC3=C2CCCC3)C=C1. The van der Waals surface area contributed by atoms with Crippen LogP contribution in [0.4, 0.5) is 0 Å². The monoisotopic (exact) mass is 803 g/mol. The molecule has 2 nitrogen and oxygen atoms in total. The Morgan fingerprint density at radius 3 is 2.21 bits per heavy atom. The fourth-order valence-corrected chi connectivity index (χ4v) is 15.7. The topological polar surface area (TPSA) is 6.48 Å². The number of fused-ring (bicyclic) bond motifs is 10. The summed E-state index contributed by atoms with van der Waals surface area (Å²) in [5, 5.41) is 0. The minimum atomic E-state index is 0.139. The summed E-state index contributed by atoms with van der Waals surface area (Å²) in [5.74, 6) is 4.65. The first-order valence-electron chi connectivity index (χ1n) is 24.8. The Morgan fingerprint density at radius 2 is 1.36 bits per heavy atom. The van der Waals surface area contributed by atoms with E-state index in [2.05, 4.69) is 168 Å². The zero-order valence-electron chi connectivity index (χ0n) is 36.2. The van der Waals surface area contributed by atoms with Crippen molar-refractivity contribution in [2.45, 2.75) is 114 Å². The highest BCUT2D eigenvalue weighted by Gasteiger charge is 2.71. The van der Waals surface area contributed by atoms with E-state index in [9.17, 15) is 0 Å². The Kier molecular flexibility index (Phi) is 9.98. The Hall–Kier alpha value is -4.56. The maximum absolute atomic E-state index is 3.09. The van der Waals surface area contributed by atoms with Gasteiger partial charge in [0.2, 0.25) is 0 Å². The minimum absolute atomic E-state index is 0.139. The van der Waals surface area contributed by atoms with E-state index in [1.54, 1.807) is 5.70 Å². The molecule has 0 amide bonds. The number of hydrogen-bond donors (Lipinski definition) is 0. The Balaban J connectivity index is 0.989. The van der Waals surface area contributed by atoms with Gasteiger partial charge in [0.1, 0.15) is 0 Å². The summed E-state index contributed by atoms with van der Waals surface area (Å²) in [4.78, 5) is 5.91. The molecule has 0 bridgehead atoms. The molecule has 13 atom stereocenters. The van der Waals surface area contributed by atoms with Crippen molar-refractivity contribution in [3.8, 4) is 0 Å². The van der Waals surface area contributed by atoms with Gasteiger partial charge in [-0.2, -0.15) is 0 Å². The van der Waals surface area contributed by atoms with Crippen LogP contribution >= 0.6 is 0 Å². The highest BCUT2D eigenvalue weighted by atomic mass is 15.2. The number of nitrogens with zero attached hydrogens (tertiary/aromatic N) is 2. The standard InChI is InChI=1S/C59H66N2/c1-4-19-41(20-5-1)43-23-16-28-46(39-43)60(44-24-6-2-7-25-44)47-37-38-50-49-30-12-14-32-52(49)59(55(50)40-47)53-33-15-13-31-51(53)58-54(59)34-18-36-57(58)61(45-26-8-3-9-27-45)56-35-17-22-42-21-10-11-29-48(42)56/h1-6,8-9,12-16,19-20,26,28,30-33,36-40,43-45,49-56,58H,7,10-11,17-18,21-25,27,29,34-35H2. The third-order valence-corrected chi connectivity index (χ3v) is 17.8. The van der Waals surface area contributed by atoms with Gasteiger partial charge in [-0.3, -0.25) is 0 Å². The summed E-state index contributed by atoms with van der Waals surface area (Å²) in [5.41, 5.74) is 9.83. The van der Waals surface area contributed by atoms with Gasteiger partial charge in [-0.05, 0) is 160 Å². The average Bonchev–Trinajstić information content (AvgIpc) is 3.80. The molecule has 1 aromatic carbocycles. The van der Waals surface area contributed by atoms with Gasteiger partial charge in [-0.15, -0.1) is 0 Å². The van der Waals surface area contributed by atoms with Gasteiger partial charge < -0.3 is 9.80 Å². The van der Waals surface area contributed by atoms with Crippen LogP contribution in [0.2, 0.25) is 0 Å². The molecule has 0 aromatic heterocycles. The molecule has 0 N–H and O–H groups in total. The number of rotatable bonds is 7. The summed E-state index contributed by atoms with van der Waals surface area (Å²) in [6.45, 7) is 0. The van der Waals surface area contributed by atoms with Crippen molar-refractivity contribution in [2.75, 3.05) is 0 Å². The van der Waals surface area contributed by atoms with E-state index >= 15 is 0 Å². The van der Waals surface area contributed by atoms with Crippen molar-refractivity contribution in [3.05, 3.63) is 192 Å². The molecule has 11 aliphatic rings. The highest BCUT2D eigenvalue weighted by molar-refractivity contribution is 5.45. The second kappa shape index (κ2) is 16.0. The zero-order valence-corrected chi connectivity index (χ0v) is 36.2. The van der Waals surface area contributed by atoms with E-state index in [4.69, 9.17) is 0 Å². The Morgan fingerprint density at radius 1 is 0.574 bits per heavy atom. The second-order valence-electron chi connectivity index (χ2n) is 20.5. The molecular formula is C59H66N2. The van der Waals surface area contributed by atoms with Crippen LogP contribution in [0, 0.1) is 52.8 Å². The molecule has 312 valence electrons. The molecular weight excluding hydrogens is 737 g/mol. The third kappa shape index (κ3) is 6.23. The van der Waals surface area contributed by atoms with Crippen LogP contribution in [0.5, 0.6) is 0 Å². The average molecular weight is 803 g/mol. The lowest BCUT2D eigenvalue weighted by molar-refractivity contribution is 0.0486. The summed E-state index contributed by atoms with van der Waals surface area (Å²) in [6, 6.07) is 12.7. The maximum atomic E-state index is 3.09. The van der Waals surface area contributed by atoms with Crippen LogP contribution in [-0.2, 0) is 0 Å². The van der Waals surface area contributed by atoms with Crippen LogP contribution in [0.3, 0.4) is 0 Å². The lowest BCUT2D eigenvalue weighted by atomic mass is 9.56. The van der Waals surface area contributed by atoms with Crippen molar-refractivity contribution in [3.63, 3.8) is 0 Å². The largest absolute Gasteiger partial charge is 0.361 e.